The topological polar surface area (TPSA) is 3.24 Å². The molecule has 1 fully saturated rings. The monoisotopic (exact) mass is 307 g/mol. The quantitative estimate of drug-likeness (QED) is 0.646. The van der Waals surface area contributed by atoms with Crippen molar-refractivity contribution in [2.24, 2.45) is 11.8 Å². The molecule has 1 heteroatoms. The van der Waals surface area contributed by atoms with Crippen molar-refractivity contribution in [2.75, 3.05) is 4.90 Å². The second-order valence-corrected chi connectivity index (χ2v) is 7.37. The molecule has 23 heavy (non-hydrogen) atoms. The second-order valence-electron chi connectivity index (χ2n) is 7.37. The van der Waals surface area contributed by atoms with Crippen LogP contribution in [0.2, 0.25) is 0 Å². The van der Waals surface area contributed by atoms with Crippen molar-refractivity contribution >= 4 is 11.4 Å². The van der Waals surface area contributed by atoms with Crippen LogP contribution in [0.25, 0.3) is 0 Å². The zero-order valence-electron chi connectivity index (χ0n) is 14.9. The molecule has 0 aliphatic heterocycles. The summed E-state index contributed by atoms with van der Waals surface area (Å²) in [5.74, 6) is 1.44. The van der Waals surface area contributed by atoms with Crippen molar-refractivity contribution in [3.05, 3.63) is 59.7 Å². The minimum atomic E-state index is 0.576. The summed E-state index contributed by atoms with van der Waals surface area (Å²) in [4.78, 5) is 2.61. The van der Waals surface area contributed by atoms with Gasteiger partial charge in [0.25, 0.3) is 0 Å². The Hall–Kier alpha value is -1.76. The zero-order valence-corrected chi connectivity index (χ0v) is 14.9. The number of nitrogens with zero attached hydrogens (tertiary/aromatic N) is 1. The Morgan fingerprint density at radius 2 is 1.52 bits per heavy atom. The molecule has 0 aromatic heterocycles. The lowest BCUT2D eigenvalue weighted by Crippen LogP contribution is -2.44. The lowest BCUT2D eigenvalue weighted by Gasteiger charge is -2.44. The molecule has 0 radical (unpaired) electrons. The third kappa shape index (κ3) is 3.29. The van der Waals surface area contributed by atoms with Crippen LogP contribution in [0, 0.1) is 25.7 Å². The molecule has 1 aliphatic carbocycles. The summed E-state index contributed by atoms with van der Waals surface area (Å²) in [6.07, 6.45) is 4.04. The van der Waals surface area contributed by atoms with Crippen molar-refractivity contribution in [3.8, 4) is 0 Å². The predicted molar refractivity (Wildman–Crippen MR) is 100 cm³/mol. The van der Waals surface area contributed by atoms with E-state index in [1.54, 1.807) is 0 Å². The van der Waals surface area contributed by atoms with Crippen LogP contribution in [0.3, 0.4) is 0 Å². The van der Waals surface area contributed by atoms with E-state index >= 15 is 0 Å². The largest absolute Gasteiger partial charge is 0.338 e. The summed E-state index contributed by atoms with van der Waals surface area (Å²) < 4.78 is 0. The summed E-state index contributed by atoms with van der Waals surface area (Å²) in [5.41, 5.74) is 5.40. The maximum atomic E-state index is 2.61. The molecule has 2 unspecified atom stereocenters. The van der Waals surface area contributed by atoms with E-state index < -0.39 is 0 Å². The Morgan fingerprint density at radius 1 is 0.870 bits per heavy atom. The van der Waals surface area contributed by atoms with Gasteiger partial charge < -0.3 is 4.90 Å². The van der Waals surface area contributed by atoms with E-state index in [2.05, 4.69) is 81.1 Å². The lowest BCUT2D eigenvalue weighted by molar-refractivity contribution is 0.249. The number of benzene rings is 2. The van der Waals surface area contributed by atoms with Crippen LogP contribution in [-0.4, -0.2) is 6.04 Å². The number of aryl methyl sites for hydroxylation is 2. The highest BCUT2D eigenvalue weighted by molar-refractivity contribution is 5.68. The summed E-state index contributed by atoms with van der Waals surface area (Å²) in [6, 6.07) is 18.4. The first-order chi connectivity index (χ1) is 11.1. The first-order valence-corrected chi connectivity index (χ1v) is 8.99. The van der Waals surface area contributed by atoms with Crippen molar-refractivity contribution in [3.63, 3.8) is 0 Å². The van der Waals surface area contributed by atoms with Gasteiger partial charge in [-0.15, -0.1) is 0 Å². The van der Waals surface area contributed by atoms with Crippen LogP contribution < -0.4 is 4.90 Å². The molecule has 2 atom stereocenters. The van der Waals surface area contributed by atoms with Gasteiger partial charge in [0, 0.05) is 17.4 Å². The van der Waals surface area contributed by atoms with E-state index in [0.29, 0.717) is 6.04 Å². The van der Waals surface area contributed by atoms with Crippen molar-refractivity contribution in [2.45, 2.75) is 53.0 Å². The normalized spacial score (nSPS) is 24.4. The van der Waals surface area contributed by atoms with Gasteiger partial charge in [-0.05, 0) is 62.3 Å². The van der Waals surface area contributed by atoms with Gasteiger partial charge in [0.1, 0.15) is 0 Å². The Balaban J connectivity index is 2.10. The van der Waals surface area contributed by atoms with Crippen LogP contribution in [-0.2, 0) is 0 Å². The summed E-state index contributed by atoms with van der Waals surface area (Å²) in [5, 5.41) is 0. The molecule has 2 aromatic carbocycles. The minimum Gasteiger partial charge on any atom is -0.338 e. The van der Waals surface area contributed by atoms with Gasteiger partial charge in [-0.3, -0.25) is 0 Å². The molecule has 0 amide bonds. The molecule has 0 bridgehead atoms. The summed E-state index contributed by atoms with van der Waals surface area (Å²) in [6.45, 7) is 9.28. The van der Waals surface area contributed by atoms with Crippen LogP contribution in [0.15, 0.2) is 48.5 Å². The SMILES string of the molecule is Cc1ccc(N(c2ccccc2)C2C(C)CCCC2C)c(C)c1. The van der Waals surface area contributed by atoms with Gasteiger partial charge in [0.05, 0.1) is 0 Å². The number of anilines is 2. The Morgan fingerprint density at radius 3 is 2.13 bits per heavy atom. The predicted octanol–water partition coefficient (Wildman–Crippen LogP) is 6.27. The van der Waals surface area contributed by atoms with E-state index in [-0.39, 0.29) is 0 Å². The van der Waals surface area contributed by atoms with E-state index in [4.69, 9.17) is 0 Å². The van der Waals surface area contributed by atoms with E-state index in [9.17, 15) is 0 Å². The van der Waals surface area contributed by atoms with Gasteiger partial charge >= 0.3 is 0 Å². The molecule has 3 rings (SSSR count). The minimum absolute atomic E-state index is 0.576. The molecule has 1 saturated carbocycles. The fourth-order valence-corrected chi connectivity index (χ4v) is 4.31. The van der Waals surface area contributed by atoms with Crippen LogP contribution in [0.1, 0.15) is 44.2 Å². The number of para-hydroxylation sites is 1. The Bertz CT molecular complexity index is 636. The number of hydrogen-bond donors (Lipinski definition) is 0. The molecule has 0 spiro atoms. The van der Waals surface area contributed by atoms with Crippen molar-refractivity contribution < 1.29 is 0 Å². The van der Waals surface area contributed by atoms with E-state index in [0.717, 1.165) is 11.8 Å². The van der Waals surface area contributed by atoms with Crippen LogP contribution in [0.5, 0.6) is 0 Å². The Labute approximate surface area is 141 Å². The highest BCUT2D eigenvalue weighted by Crippen LogP contribution is 2.40. The van der Waals surface area contributed by atoms with Gasteiger partial charge in [-0.2, -0.15) is 0 Å². The smallest absolute Gasteiger partial charge is 0.0443 e. The number of hydrogen-bond acceptors (Lipinski definition) is 1. The lowest BCUT2D eigenvalue weighted by atomic mass is 9.77. The Kier molecular flexibility index (Phi) is 4.75. The van der Waals surface area contributed by atoms with Crippen LogP contribution in [0.4, 0.5) is 11.4 Å². The molecular weight excluding hydrogens is 278 g/mol. The fourth-order valence-electron chi connectivity index (χ4n) is 4.31. The molecule has 1 aliphatic rings. The molecule has 1 nitrogen and oxygen atoms in total. The maximum Gasteiger partial charge on any atom is 0.0443 e. The molecular formula is C22H29N. The first kappa shape index (κ1) is 16.1. The van der Waals surface area contributed by atoms with Gasteiger partial charge in [-0.25, -0.2) is 0 Å². The molecule has 0 N–H and O–H groups in total. The molecule has 122 valence electrons. The van der Waals surface area contributed by atoms with E-state index in [1.807, 2.05) is 0 Å². The second kappa shape index (κ2) is 6.78. The van der Waals surface area contributed by atoms with Gasteiger partial charge in [0.2, 0.25) is 0 Å². The van der Waals surface area contributed by atoms with Gasteiger partial charge in [-0.1, -0.05) is 56.2 Å². The molecule has 0 saturated heterocycles. The highest BCUT2D eigenvalue weighted by atomic mass is 15.2. The average molecular weight is 307 g/mol. The third-order valence-corrected chi connectivity index (χ3v) is 5.43. The van der Waals surface area contributed by atoms with E-state index in [1.165, 1.54) is 41.8 Å². The first-order valence-electron chi connectivity index (χ1n) is 8.99. The summed E-state index contributed by atoms with van der Waals surface area (Å²) >= 11 is 0. The molecule has 0 heterocycles. The maximum absolute atomic E-state index is 2.61. The van der Waals surface area contributed by atoms with Crippen molar-refractivity contribution in [1.29, 1.82) is 0 Å². The molecule has 2 aromatic rings. The van der Waals surface area contributed by atoms with Gasteiger partial charge in [0.15, 0.2) is 0 Å². The van der Waals surface area contributed by atoms with Crippen LogP contribution >= 0.6 is 0 Å². The average Bonchev–Trinajstić information content (AvgIpc) is 2.53. The fraction of sp³-hybridized carbons (Fsp3) is 0.455. The van der Waals surface area contributed by atoms with Crippen molar-refractivity contribution in [1.82, 2.24) is 0 Å². The summed E-state index contributed by atoms with van der Waals surface area (Å²) in [7, 11) is 0. The third-order valence-electron chi connectivity index (χ3n) is 5.43. The highest BCUT2D eigenvalue weighted by Gasteiger charge is 2.34. The standard InChI is InChI=1S/C22H29N/c1-16-13-14-21(19(4)15-16)23(20-11-6-5-7-12-20)22-17(2)9-8-10-18(22)3/h5-7,11-15,17-18,22H,8-10H2,1-4H3. The zero-order chi connectivity index (χ0) is 16.4. The number of rotatable bonds is 3.